The number of methoxy groups -OCH3 is 1. The maximum atomic E-state index is 10.9. The standard InChI is InChI=1S/C14H24N2O2/c1-5-16-12(11(18-4)10-15-16)14(17)8-6-13(2,3)7-9-14/h10,17H,5-9H2,1-4H3. The molecule has 0 aromatic carbocycles. The second kappa shape index (κ2) is 4.57. The summed E-state index contributed by atoms with van der Waals surface area (Å²) in [6.45, 7) is 7.32. The van der Waals surface area contributed by atoms with Gasteiger partial charge in [-0.15, -0.1) is 0 Å². The molecule has 1 N–H and O–H groups in total. The van der Waals surface area contributed by atoms with Crippen molar-refractivity contribution in [1.29, 1.82) is 0 Å². The third-order valence-corrected chi connectivity index (χ3v) is 4.20. The first-order chi connectivity index (χ1) is 8.42. The van der Waals surface area contributed by atoms with Crippen LogP contribution in [0, 0.1) is 5.41 Å². The van der Waals surface area contributed by atoms with E-state index in [-0.39, 0.29) is 0 Å². The van der Waals surface area contributed by atoms with E-state index in [2.05, 4.69) is 18.9 Å². The Labute approximate surface area is 109 Å². The Balaban J connectivity index is 2.33. The van der Waals surface area contributed by atoms with Gasteiger partial charge in [-0.2, -0.15) is 5.10 Å². The molecule has 0 unspecified atom stereocenters. The van der Waals surface area contributed by atoms with Crippen molar-refractivity contribution in [3.05, 3.63) is 11.9 Å². The van der Waals surface area contributed by atoms with Crippen LogP contribution in [0.5, 0.6) is 5.75 Å². The van der Waals surface area contributed by atoms with Crippen LogP contribution in [0.1, 0.15) is 52.1 Å². The number of aryl methyl sites for hydroxylation is 1. The number of aromatic nitrogens is 2. The van der Waals surface area contributed by atoms with E-state index in [1.165, 1.54) is 0 Å². The summed E-state index contributed by atoms with van der Waals surface area (Å²) < 4.78 is 7.21. The highest BCUT2D eigenvalue weighted by Crippen LogP contribution is 2.47. The van der Waals surface area contributed by atoms with Crippen LogP contribution >= 0.6 is 0 Å². The minimum absolute atomic E-state index is 0.330. The van der Waals surface area contributed by atoms with E-state index in [1.807, 2.05) is 11.6 Å². The summed E-state index contributed by atoms with van der Waals surface area (Å²) in [5.74, 6) is 0.707. The number of aliphatic hydroxyl groups is 1. The molecule has 0 radical (unpaired) electrons. The van der Waals surface area contributed by atoms with Gasteiger partial charge in [-0.1, -0.05) is 13.8 Å². The van der Waals surface area contributed by atoms with Crippen LogP contribution in [0.2, 0.25) is 0 Å². The molecule has 1 fully saturated rings. The van der Waals surface area contributed by atoms with E-state index in [0.717, 1.165) is 37.9 Å². The van der Waals surface area contributed by atoms with Gasteiger partial charge in [0.2, 0.25) is 0 Å². The second-order valence-electron chi connectivity index (χ2n) is 6.07. The van der Waals surface area contributed by atoms with E-state index >= 15 is 0 Å². The van der Waals surface area contributed by atoms with Crippen LogP contribution in [0.3, 0.4) is 0 Å². The highest BCUT2D eigenvalue weighted by molar-refractivity contribution is 5.31. The molecular formula is C14H24N2O2. The largest absolute Gasteiger partial charge is 0.493 e. The molecule has 0 saturated heterocycles. The minimum atomic E-state index is -0.784. The predicted molar refractivity (Wildman–Crippen MR) is 70.6 cm³/mol. The van der Waals surface area contributed by atoms with E-state index in [0.29, 0.717) is 11.2 Å². The molecule has 0 bridgehead atoms. The highest BCUT2D eigenvalue weighted by atomic mass is 16.5. The van der Waals surface area contributed by atoms with Gasteiger partial charge in [0, 0.05) is 6.54 Å². The second-order valence-corrected chi connectivity index (χ2v) is 6.07. The third-order valence-electron chi connectivity index (χ3n) is 4.20. The lowest BCUT2D eigenvalue weighted by atomic mass is 9.70. The smallest absolute Gasteiger partial charge is 0.162 e. The molecule has 1 aromatic heterocycles. The fourth-order valence-corrected chi connectivity index (χ4v) is 2.80. The summed E-state index contributed by atoms with van der Waals surface area (Å²) in [7, 11) is 1.64. The number of nitrogens with zero attached hydrogens (tertiary/aromatic N) is 2. The molecule has 0 atom stereocenters. The Morgan fingerprint density at radius 1 is 1.33 bits per heavy atom. The molecule has 0 spiro atoms. The molecule has 1 aromatic rings. The lowest BCUT2D eigenvalue weighted by Crippen LogP contribution is -2.36. The predicted octanol–water partition coefficient (Wildman–Crippen LogP) is 2.70. The first-order valence-electron chi connectivity index (χ1n) is 6.74. The van der Waals surface area contributed by atoms with Gasteiger partial charge in [0.15, 0.2) is 5.75 Å². The van der Waals surface area contributed by atoms with E-state index in [9.17, 15) is 5.11 Å². The number of hydrogen-bond donors (Lipinski definition) is 1. The monoisotopic (exact) mass is 252 g/mol. The summed E-state index contributed by atoms with van der Waals surface area (Å²) >= 11 is 0. The molecule has 0 amide bonds. The average molecular weight is 252 g/mol. The van der Waals surface area contributed by atoms with Gasteiger partial charge >= 0.3 is 0 Å². The SMILES string of the molecule is CCn1ncc(OC)c1C1(O)CCC(C)(C)CC1. The number of hydrogen-bond acceptors (Lipinski definition) is 3. The maximum absolute atomic E-state index is 10.9. The van der Waals surface area contributed by atoms with Crippen molar-refractivity contribution in [1.82, 2.24) is 9.78 Å². The number of rotatable bonds is 3. The van der Waals surface area contributed by atoms with Crippen LogP contribution in [0.25, 0.3) is 0 Å². The highest BCUT2D eigenvalue weighted by Gasteiger charge is 2.42. The van der Waals surface area contributed by atoms with E-state index in [1.54, 1.807) is 13.3 Å². The summed E-state index contributed by atoms with van der Waals surface area (Å²) in [5, 5.41) is 15.2. The summed E-state index contributed by atoms with van der Waals surface area (Å²) in [6.07, 6.45) is 5.32. The van der Waals surface area contributed by atoms with Gasteiger partial charge in [-0.3, -0.25) is 4.68 Å². The first kappa shape index (κ1) is 13.4. The summed E-state index contributed by atoms with van der Waals surface area (Å²) in [4.78, 5) is 0. The van der Waals surface area contributed by atoms with Crippen molar-refractivity contribution in [2.75, 3.05) is 7.11 Å². The van der Waals surface area contributed by atoms with Crippen molar-refractivity contribution in [3.63, 3.8) is 0 Å². The first-order valence-corrected chi connectivity index (χ1v) is 6.74. The van der Waals surface area contributed by atoms with Crippen molar-refractivity contribution in [2.45, 2.75) is 58.6 Å². The topological polar surface area (TPSA) is 47.3 Å². The Hall–Kier alpha value is -1.03. The summed E-state index contributed by atoms with van der Waals surface area (Å²) in [6, 6.07) is 0. The molecule has 1 saturated carbocycles. The van der Waals surface area contributed by atoms with E-state index in [4.69, 9.17) is 4.74 Å². The van der Waals surface area contributed by atoms with Gasteiger partial charge < -0.3 is 9.84 Å². The van der Waals surface area contributed by atoms with Gasteiger partial charge in [-0.05, 0) is 38.0 Å². The normalized spacial score (nSPS) is 21.8. The van der Waals surface area contributed by atoms with Crippen LogP contribution in [-0.2, 0) is 12.1 Å². The molecule has 4 nitrogen and oxygen atoms in total. The van der Waals surface area contributed by atoms with Crippen LogP contribution < -0.4 is 4.74 Å². The van der Waals surface area contributed by atoms with Crippen LogP contribution in [0.4, 0.5) is 0 Å². The van der Waals surface area contributed by atoms with Gasteiger partial charge in [0.25, 0.3) is 0 Å². The molecule has 1 aliphatic rings. The lowest BCUT2D eigenvalue weighted by Gasteiger charge is -2.40. The third kappa shape index (κ3) is 2.26. The Morgan fingerprint density at radius 3 is 2.44 bits per heavy atom. The van der Waals surface area contributed by atoms with Gasteiger partial charge in [0.1, 0.15) is 11.3 Å². The molecular weight excluding hydrogens is 228 g/mol. The molecule has 0 aliphatic heterocycles. The molecule has 1 heterocycles. The van der Waals surface area contributed by atoms with Gasteiger partial charge in [0.05, 0.1) is 13.3 Å². The van der Waals surface area contributed by atoms with Crippen molar-refractivity contribution in [3.8, 4) is 5.75 Å². The summed E-state index contributed by atoms with van der Waals surface area (Å²) in [5.41, 5.74) is 0.396. The van der Waals surface area contributed by atoms with Crippen molar-refractivity contribution in [2.24, 2.45) is 5.41 Å². The van der Waals surface area contributed by atoms with Crippen LogP contribution in [-0.4, -0.2) is 22.0 Å². The Kier molecular flexibility index (Phi) is 3.41. The van der Waals surface area contributed by atoms with Crippen molar-refractivity contribution < 1.29 is 9.84 Å². The maximum Gasteiger partial charge on any atom is 0.162 e. The molecule has 18 heavy (non-hydrogen) atoms. The van der Waals surface area contributed by atoms with Crippen molar-refractivity contribution >= 4 is 0 Å². The molecule has 1 aliphatic carbocycles. The fraction of sp³-hybridized carbons (Fsp3) is 0.786. The zero-order chi connectivity index (χ0) is 13.4. The average Bonchev–Trinajstić information content (AvgIpc) is 2.77. The molecule has 4 heteroatoms. The zero-order valence-corrected chi connectivity index (χ0v) is 11.9. The minimum Gasteiger partial charge on any atom is -0.493 e. The number of ether oxygens (including phenoxy) is 1. The fourth-order valence-electron chi connectivity index (χ4n) is 2.80. The zero-order valence-electron chi connectivity index (χ0n) is 11.9. The van der Waals surface area contributed by atoms with E-state index < -0.39 is 5.60 Å². The van der Waals surface area contributed by atoms with Crippen LogP contribution in [0.15, 0.2) is 6.20 Å². The molecule has 102 valence electrons. The Morgan fingerprint density at radius 2 is 1.94 bits per heavy atom. The Bertz CT molecular complexity index is 392. The lowest BCUT2D eigenvalue weighted by molar-refractivity contribution is -0.0387. The van der Waals surface area contributed by atoms with Gasteiger partial charge in [-0.25, -0.2) is 0 Å². The molecule has 2 rings (SSSR count). The quantitative estimate of drug-likeness (QED) is 0.899.